The highest BCUT2D eigenvalue weighted by atomic mass is 28.1. The van der Waals surface area contributed by atoms with Crippen LogP contribution < -0.4 is 5.73 Å². The first-order chi connectivity index (χ1) is 4.76. The van der Waals surface area contributed by atoms with Gasteiger partial charge in [-0.05, 0) is 18.5 Å². The molecule has 1 unspecified atom stereocenters. The zero-order chi connectivity index (χ0) is 7.98. The van der Waals surface area contributed by atoms with Gasteiger partial charge < -0.3 is 15.2 Å². The molecule has 0 saturated carbocycles. The highest BCUT2D eigenvalue weighted by Gasteiger charge is 2.13. The molecular weight excluding hydrogens is 146 g/mol. The maximum Gasteiger partial charge on any atom is 0.156 e. The van der Waals surface area contributed by atoms with Crippen LogP contribution in [0.2, 0.25) is 5.54 Å². The van der Waals surface area contributed by atoms with E-state index in [1.165, 1.54) is 0 Å². The first-order valence-electron chi connectivity index (χ1n) is 3.52. The normalized spacial score (nSPS) is 14.4. The summed E-state index contributed by atoms with van der Waals surface area (Å²) in [6, 6.07) is 0. The Morgan fingerprint density at radius 1 is 1.40 bits per heavy atom. The highest BCUT2D eigenvalue weighted by Crippen LogP contribution is 2.13. The van der Waals surface area contributed by atoms with Gasteiger partial charge in [-0.15, -0.1) is 0 Å². The summed E-state index contributed by atoms with van der Waals surface area (Å²) in [5.41, 5.74) is 5.90. The van der Waals surface area contributed by atoms with Crippen LogP contribution in [0.3, 0.4) is 0 Å². The van der Waals surface area contributed by atoms with E-state index in [0.717, 1.165) is 23.2 Å². The third kappa shape index (κ3) is 3.31. The van der Waals surface area contributed by atoms with Gasteiger partial charge in [0.05, 0.1) is 0 Å². The lowest BCUT2D eigenvalue weighted by Gasteiger charge is -2.19. The van der Waals surface area contributed by atoms with Gasteiger partial charge in [0, 0.05) is 24.5 Å². The Morgan fingerprint density at radius 2 is 1.90 bits per heavy atom. The quantitative estimate of drug-likeness (QED) is 0.422. The third-order valence-corrected chi connectivity index (χ3v) is 2.67. The van der Waals surface area contributed by atoms with Gasteiger partial charge in [-0.1, -0.05) is 0 Å². The number of ether oxygens (including phenoxy) is 2. The van der Waals surface area contributed by atoms with Crippen molar-refractivity contribution < 1.29 is 9.47 Å². The maximum absolute atomic E-state index is 5.39. The molecule has 2 N–H and O–H groups in total. The molecule has 0 spiro atoms. The summed E-state index contributed by atoms with van der Waals surface area (Å²) in [5.74, 6) is 0. The predicted octanol–water partition coefficient (Wildman–Crippen LogP) is -0.892. The zero-order valence-electron chi connectivity index (χ0n) is 6.96. The monoisotopic (exact) mass is 163 g/mol. The maximum atomic E-state index is 5.39. The summed E-state index contributed by atoms with van der Waals surface area (Å²) in [7, 11) is 4.40. The molecule has 0 saturated heterocycles. The molecule has 0 fully saturated rings. The molecule has 10 heavy (non-hydrogen) atoms. The first-order valence-corrected chi connectivity index (χ1v) is 4.67. The van der Waals surface area contributed by atoms with Crippen LogP contribution in [0.1, 0.15) is 6.42 Å². The van der Waals surface area contributed by atoms with Crippen molar-refractivity contribution in [2.45, 2.75) is 18.3 Å². The van der Waals surface area contributed by atoms with E-state index in [-0.39, 0.29) is 6.29 Å². The van der Waals surface area contributed by atoms with Gasteiger partial charge in [-0.3, -0.25) is 0 Å². The lowest BCUT2D eigenvalue weighted by atomic mass is 10.3. The number of hydrogen-bond acceptors (Lipinski definition) is 3. The second kappa shape index (κ2) is 5.85. The van der Waals surface area contributed by atoms with Crippen LogP contribution in [0.15, 0.2) is 0 Å². The van der Waals surface area contributed by atoms with E-state index < -0.39 is 0 Å². The molecule has 0 aliphatic heterocycles. The Balaban J connectivity index is 3.53. The fraction of sp³-hybridized carbons (Fsp3) is 1.00. The average molecular weight is 163 g/mol. The Morgan fingerprint density at radius 3 is 2.20 bits per heavy atom. The molecule has 1 atom stereocenters. The molecule has 0 aliphatic rings. The van der Waals surface area contributed by atoms with Crippen molar-refractivity contribution in [2.24, 2.45) is 5.73 Å². The summed E-state index contributed by atoms with van der Waals surface area (Å²) in [6.45, 7) is 0.720. The van der Waals surface area contributed by atoms with E-state index in [4.69, 9.17) is 15.2 Å². The Kier molecular flexibility index (Phi) is 5.91. The van der Waals surface area contributed by atoms with Gasteiger partial charge in [-0.2, -0.15) is 0 Å². The number of methoxy groups -OCH3 is 2. The van der Waals surface area contributed by atoms with Crippen molar-refractivity contribution in [3.05, 3.63) is 0 Å². The molecule has 0 aromatic heterocycles. The van der Waals surface area contributed by atoms with Gasteiger partial charge in [0.25, 0.3) is 0 Å². The summed E-state index contributed by atoms with van der Waals surface area (Å²) in [6.07, 6.45) is 0.952. The van der Waals surface area contributed by atoms with Gasteiger partial charge >= 0.3 is 0 Å². The minimum atomic E-state index is -0.0461. The molecule has 0 radical (unpaired) electrons. The van der Waals surface area contributed by atoms with Crippen LogP contribution in [-0.4, -0.2) is 37.3 Å². The minimum Gasteiger partial charge on any atom is -0.356 e. The van der Waals surface area contributed by atoms with Crippen LogP contribution in [0.25, 0.3) is 0 Å². The van der Waals surface area contributed by atoms with Crippen molar-refractivity contribution in [3.8, 4) is 0 Å². The van der Waals surface area contributed by atoms with Crippen molar-refractivity contribution >= 4 is 10.2 Å². The van der Waals surface area contributed by atoms with E-state index in [9.17, 15) is 0 Å². The number of hydrogen-bond donors (Lipinski definition) is 1. The van der Waals surface area contributed by atoms with E-state index in [0.29, 0.717) is 5.54 Å². The molecule has 0 aliphatic carbocycles. The van der Waals surface area contributed by atoms with Crippen molar-refractivity contribution in [1.82, 2.24) is 0 Å². The van der Waals surface area contributed by atoms with Gasteiger partial charge in [0.15, 0.2) is 6.29 Å². The van der Waals surface area contributed by atoms with Crippen molar-refractivity contribution in [2.75, 3.05) is 20.8 Å². The first kappa shape index (κ1) is 10.1. The van der Waals surface area contributed by atoms with E-state index in [2.05, 4.69) is 0 Å². The van der Waals surface area contributed by atoms with Crippen LogP contribution in [0, 0.1) is 0 Å². The molecule has 0 rings (SSSR count). The zero-order valence-corrected chi connectivity index (χ0v) is 8.96. The Labute approximate surface area is 65.3 Å². The second-order valence-corrected chi connectivity index (χ2v) is 3.88. The fourth-order valence-electron chi connectivity index (χ4n) is 0.960. The minimum absolute atomic E-state index is 0.0461. The van der Waals surface area contributed by atoms with Crippen molar-refractivity contribution in [3.63, 3.8) is 0 Å². The predicted molar refractivity (Wildman–Crippen MR) is 45.2 cm³/mol. The second-order valence-electron chi connectivity index (χ2n) is 2.39. The number of nitrogens with two attached hydrogens (primary N) is 1. The summed E-state index contributed by atoms with van der Waals surface area (Å²) >= 11 is 0. The molecule has 3 nitrogen and oxygen atoms in total. The molecular formula is C6H17NO2Si. The van der Waals surface area contributed by atoms with Gasteiger partial charge in [-0.25, -0.2) is 0 Å². The van der Waals surface area contributed by atoms with E-state index >= 15 is 0 Å². The SMILES string of the molecule is COC(OC)C([SiH3])CCN. The van der Waals surface area contributed by atoms with Crippen LogP contribution in [0.5, 0.6) is 0 Å². The summed E-state index contributed by atoms with van der Waals surface area (Å²) in [4.78, 5) is 0. The molecule has 4 heteroatoms. The molecule has 0 bridgehead atoms. The lowest BCUT2D eigenvalue weighted by Crippen LogP contribution is -2.22. The topological polar surface area (TPSA) is 44.5 Å². The molecule has 0 aromatic rings. The van der Waals surface area contributed by atoms with E-state index in [1.807, 2.05) is 0 Å². The van der Waals surface area contributed by atoms with Crippen LogP contribution >= 0.6 is 0 Å². The van der Waals surface area contributed by atoms with Crippen LogP contribution in [-0.2, 0) is 9.47 Å². The average Bonchev–Trinajstić information content (AvgIpc) is 1.91. The Hall–Kier alpha value is 0.0969. The molecule has 0 heterocycles. The van der Waals surface area contributed by atoms with Crippen LogP contribution in [0.4, 0.5) is 0 Å². The molecule has 0 aromatic carbocycles. The van der Waals surface area contributed by atoms with E-state index in [1.54, 1.807) is 14.2 Å². The summed E-state index contributed by atoms with van der Waals surface area (Å²) < 4.78 is 10.1. The van der Waals surface area contributed by atoms with Crippen molar-refractivity contribution in [1.29, 1.82) is 0 Å². The Bertz CT molecular complexity index is 78.1. The number of rotatable bonds is 5. The van der Waals surface area contributed by atoms with Gasteiger partial charge in [0.2, 0.25) is 0 Å². The largest absolute Gasteiger partial charge is 0.356 e. The standard InChI is InChI=1S/C6H17NO2Si/c1-8-6(9-2)5(10)3-4-7/h5-6H,3-4,7H2,1-2,10H3. The van der Waals surface area contributed by atoms with Gasteiger partial charge in [0.1, 0.15) is 0 Å². The fourth-order valence-corrected chi connectivity index (χ4v) is 1.84. The molecule has 62 valence electrons. The third-order valence-electron chi connectivity index (χ3n) is 1.55. The molecule has 0 amide bonds. The lowest BCUT2D eigenvalue weighted by molar-refractivity contribution is -0.105. The summed E-state index contributed by atoms with van der Waals surface area (Å²) in [5, 5.41) is 0. The smallest absolute Gasteiger partial charge is 0.156 e. The highest BCUT2D eigenvalue weighted by molar-refractivity contribution is 6.11.